The Labute approximate surface area is 216 Å². The summed E-state index contributed by atoms with van der Waals surface area (Å²) in [4.78, 5) is 12.8. The quantitative estimate of drug-likeness (QED) is 0.434. The van der Waals surface area contributed by atoms with Gasteiger partial charge in [-0.3, -0.25) is 9.10 Å². The van der Waals surface area contributed by atoms with E-state index in [0.717, 1.165) is 12.1 Å². The van der Waals surface area contributed by atoms with E-state index in [1.54, 1.807) is 31.2 Å². The third-order valence-electron chi connectivity index (χ3n) is 5.61. The van der Waals surface area contributed by atoms with Crippen LogP contribution in [0.15, 0.2) is 71.6 Å². The van der Waals surface area contributed by atoms with Crippen LogP contribution in [-0.2, 0) is 21.0 Å². The van der Waals surface area contributed by atoms with Gasteiger partial charge in [0.1, 0.15) is 19.8 Å². The van der Waals surface area contributed by atoms with E-state index in [-0.39, 0.29) is 10.6 Å². The van der Waals surface area contributed by atoms with Crippen LogP contribution in [0.5, 0.6) is 11.5 Å². The molecule has 0 radical (unpaired) electrons. The number of rotatable bonds is 7. The Morgan fingerprint density at radius 2 is 1.70 bits per heavy atom. The van der Waals surface area contributed by atoms with Gasteiger partial charge in [0.15, 0.2) is 11.5 Å². The molecule has 0 saturated carbocycles. The van der Waals surface area contributed by atoms with E-state index in [2.05, 4.69) is 5.32 Å². The molecule has 1 atom stereocenters. The van der Waals surface area contributed by atoms with Gasteiger partial charge in [-0.1, -0.05) is 35.9 Å². The Morgan fingerprint density at radius 1 is 1.03 bits per heavy atom. The SMILES string of the molecule is C[C@H](NC(=O)CN(c1ccc(Cl)c(C(F)(F)F)c1)S(=O)(=O)c1ccccc1)c1ccc2c(c1)OCCO2. The van der Waals surface area contributed by atoms with Gasteiger partial charge in [0.05, 0.1) is 27.2 Å². The maximum Gasteiger partial charge on any atom is 0.417 e. The molecular formula is C25H22ClF3N2O5S. The molecule has 0 aliphatic carbocycles. The van der Waals surface area contributed by atoms with Crippen LogP contribution in [0.2, 0.25) is 5.02 Å². The van der Waals surface area contributed by atoms with Gasteiger partial charge in [-0.2, -0.15) is 13.2 Å². The first-order chi connectivity index (χ1) is 17.5. The molecule has 12 heteroatoms. The second kappa shape index (κ2) is 10.5. The molecule has 0 fully saturated rings. The zero-order valence-electron chi connectivity index (χ0n) is 19.5. The highest BCUT2D eigenvalue weighted by Crippen LogP contribution is 2.38. The number of anilines is 1. The fraction of sp³-hybridized carbons (Fsp3) is 0.240. The molecule has 0 saturated heterocycles. The van der Waals surface area contributed by atoms with Crippen LogP contribution in [0.25, 0.3) is 0 Å². The Hall–Kier alpha value is -3.44. The number of hydrogen-bond acceptors (Lipinski definition) is 5. The molecule has 1 N–H and O–H groups in total. The molecule has 3 aromatic rings. The third kappa shape index (κ3) is 5.94. The first kappa shape index (κ1) is 26.6. The van der Waals surface area contributed by atoms with Gasteiger partial charge in [0.2, 0.25) is 5.91 Å². The summed E-state index contributed by atoms with van der Waals surface area (Å²) < 4.78 is 79.0. The van der Waals surface area contributed by atoms with Crippen LogP contribution in [0, 0.1) is 0 Å². The fourth-order valence-corrected chi connectivity index (χ4v) is 5.41. The summed E-state index contributed by atoms with van der Waals surface area (Å²) in [6.45, 7) is 1.71. The van der Waals surface area contributed by atoms with Gasteiger partial charge in [-0.05, 0) is 55.0 Å². The second-order valence-electron chi connectivity index (χ2n) is 8.18. The zero-order chi connectivity index (χ0) is 26.8. The van der Waals surface area contributed by atoms with Gasteiger partial charge in [0.25, 0.3) is 10.0 Å². The summed E-state index contributed by atoms with van der Waals surface area (Å²) in [5.74, 6) is 0.348. The molecule has 0 bridgehead atoms. The van der Waals surface area contributed by atoms with Crippen molar-refractivity contribution in [2.24, 2.45) is 0 Å². The molecular weight excluding hydrogens is 533 g/mol. The minimum absolute atomic E-state index is 0.189. The Kier molecular flexibility index (Phi) is 7.56. The zero-order valence-corrected chi connectivity index (χ0v) is 21.0. The van der Waals surface area contributed by atoms with Crippen LogP contribution < -0.4 is 19.1 Å². The number of ether oxygens (including phenoxy) is 2. The van der Waals surface area contributed by atoms with Crippen molar-refractivity contribution in [3.8, 4) is 11.5 Å². The number of fused-ring (bicyclic) bond motifs is 1. The highest BCUT2D eigenvalue weighted by molar-refractivity contribution is 7.92. The van der Waals surface area contributed by atoms with Crippen LogP contribution >= 0.6 is 11.6 Å². The van der Waals surface area contributed by atoms with Crippen molar-refractivity contribution in [1.29, 1.82) is 0 Å². The van der Waals surface area contributed by atoms with E-state index in [9.17, 15) is 26.4 Å². The van der Waals surface area contributed by atoms with Crippen molar-refractivity contribution in [2.45, 2.75) is 24.0 Å². The largest absolute Gasteiger partial charge is 0.486 e. The molecule has 7 nitrogen and oxygen atoms in total. The smallest absolute Gasteiger partial charge is 0.417 e. The Balaban J connectivity index is 1.64. The number of carbonyl (C=O) groups is 1. The van der Waals surface area contributed by atoms with Crippen LogP contribution in [-0.4, -0.2) is 34.1 Å². The van der Waals surface area contributed by atoms with E-state index >= 15 is 0 Å². The molecule has 37 heavy (non-hydrogen) atoms. The third-order valence-corrected chi connectivity index (χ3v) is 7.72. The summed E-state index contributed by atoms with van der Waals surface area (Å²) in [5, 5.41) is 2.10. The number of benzene rings is 3. The molecule has 196 valence electrons. The monoisotopic (exact) mass is 554 g/mol. The highest BCUT2D eigenvalue weighted by Gasteiger charge is 2.35. The van der Waals surface area contributed by atoms with Gasteiger partial charge < -0.3 is 14.8 Å². The lowest BCUT2D eigenvalue weighted by Gasteiger charge is -2.26. The highest BCUT2D eigenvalue weighted by atomic mass is 35.5. The number of nitrogens with one attached hydrogen (secondary N) is 1. The van der Waals surface area contributed by atoms with Gasteiger partial charge in [-0.15, -0.1) is 0 Å². The number of sulfonamides is 1. The van der Waals surface area contributed by atoms with Crippen molar-refractivity contribution in [1.82, 2.24) is 5.32 Å². The lowest BCUT2D eigenvalue weighted by molar-refractivity contribution is -0.137. The molecule has 1 amide bonds. The minimum atomic E-state index is -4.83. The van der Waals surface area contributed by atoms with Crippen molar-refractivity contribution in [2.75, 3.05) is 24.1 Å². The lowest BCUT2D eigenvalue weighted by Crippen LogP contribution is -2.41. The van der Waals surface area contributed by atoms with E-state index < -0.39 is 45.3 Å². The average molecular weight is 555 g/mol. The van der Waals surface area contributed by atoms with Crippen molar-refractivity contribution >= 4 is 33.2 Å². The Bertz CT molecular complexity index is 1400. The number of amides is 1. The molecule has 0 unspecified atom stereocenters. The maximum absolute atomic E-state index is 13.5. The van der Waals surface area contributed by atoms with Gasteiger partial charge in [0, 0.05) is 0 Å². The van der Waals surface area contributed by atoms with Gasteiger partial charge in [-0.25, -0.2) is 8.42 Å². The first-order valence-corrected chi connectivity index (χ1v) is 12.9. The molecule has 1 aliphatic rings. The van der Waals surface area contributed by atoms with Gasteiger partial charge >= 0.3 is 6.18 Å². The number of alkyl halides is 3. The van der Waals surface area contributed by atoms with Crippen molar-refractivity contribution in [3.63, 3.8) is 0 Å². The second-order valence-corrected chi connectivity index (χ2v) is 10.4. The summed E-state index contributed by atoms with van der Waals surface area (Å²) in [5.41, 5.74) is -0.909. The van der Waals surface area contributed by atoms with E-state index in [1.165, 1.54) is 24.3 Å². The number of halogens is 4. The van der Waals surface area contributed by atoms with E-state index in [4.69, 9.17) is 21.1 Å². The molecule has 0 aromatic heterocycles. The molecule has 3 aromatic carbocycles. The molecule has 0 spiro atoms. The molecule has 1 aliphatic heterocycles. The van der Waals surface area contributed by atoms with Crippen molar-refractivity contribution in [3.05, 3.63) is 82.9 Å². The van der Waals surface area contributed by atoms with Crippen LogP contribution in [0.4, 0.5) is 18.9 Å². The summed E-state index contributed by atoms with van der Waals surface area (Å²) in [6.07, 6.45) is -4.83. The Morgan fingerprint density at radius 3 is 2.38 bits per heavy atom. The van der Waals surface area contributed by atoms with E-state index in [0.29, 0.717) is 40.6 Å². The average Bonchev–Trinajstić information content (AvgIpc) is 2.87. The predicted octanol–water partition coefficient (Wildman–Crippen LogP) is 5.20. The summed E-state index contributed by atoms with van der Waals surface area (Å²) >= 11 is 5.72. The van der Waals surface area contributed by atoms with E-state index in [1.807, 2.05) is 0 Å². The van der Waals surface area contributed by atoms with Crippen molar-refractivity contribution < 1.29 is 35.9 Å². The lowest BCUT2D eigenvalue weighted by atomic mass is 10.1. The minimum Gasteiger partial charge on any atom is -0.486 e. The topological polar surface area (TPSA) is 84.9 Å². The van der Waals surface area contributed by atoms with Crippen LogP contribution in [0.1, 0.15) is 24.1 Å². The summed E-state index contributed by atoms with van der Waals surface area (Å²) in [6, 6.07) is 14.4. The number of carbonyl (C=O) groups excluding carboxylic acids is 1. The maximum atomic E-state index is 13.5. The normalized spacial score (nSPS) is 14.1. The first-order valence-electron chi connectivity index (χ1n) is 11.1. The number of nitrogens with zero attached hydrogens (tertiary/aromatic N) is 1. The van der Waals surface area contributed by atoms with Crippen LogP contribution in [0.3, 0.4) is 0 Å². The standard InChI is InChI=1S/C25H22ClF3N2O5S/c1-16(17-7-10-22-23(13-17)36-12-11-35-22)30-24(32)15-31(37(33,34)19-5-3-2-4-6-19)18-8-9-21(26)20(14-18)25(27,28)29/h2-10,13-14,16H,11-12,15H2,1H3,(H,30,32)/t16-/m0/s1. The molecule has 1 heterocycles. The molecule has 4 rings (SSSR count). The summed E-state index contributed by atoms with van der Waals surface area (Å²) in [7, 11) is -4.41. The number of hydrogen-bond donors (Lipinski definition) is 1. The fourth-order valence-electron chi connectivity index (χ4n) is 3.75. The predicted molar refractivity (Wildman–Crippen MR) is 131 cm³/mol.